The summed E-state index contributed by atoms with van der Waals surface area (Å²) in [7, 11) is 0. The molecule has 7 nitrogen and oxygen atoms in total. The molecule has 3 unspecified atom stereocenters. The lowest BCUT2D eigenvalue weighted by molar-refractivity contribution is -0.274. The van der Waals surface area contributed by atoms with Crippen molar-refractivity contribution in [1.29, 1.82) is 0 Å². The lowest BCUT2D eigenvalue weighted by Crippen LogP contribution is -2.42. The first-order chi connectivity index (χ1) is 16.3. The number of fused-ring (bicyclic) bond motifs is 2. The Kier molecular flexibility index (Phi) is 6.83. The second kappa shape index (κ2) is 9.85. The van der Waals surface area contributed by atoms with Gasteiger partial charge in [-0.1, -0.05) is 0 Å². The molecule has 0 aromatic heterocycles. The molecule has 0 amide bonds. The van der Waals surface area contributed by atoms with E-state index in [9.17, 15) is 18.0 Å². The molecule has 3 saturated heterocycles. The summed E-state index contributed by atoms with van der Waals surface area (Å²) in [5.74, 6) is 1.50. The van der Waals surface area contributed by atoms with Crippen LogP contribution in [0.3, 0.4) is 0 Å². The molecule has 1 aromatic rings. The Balaban J connectivity index is 1.09. The van der Waals surface area contributed by atoms with Gasteiger partial charge in [-0.15, -0.1) is 13.2 Å². The number of hydrogen-bond donors (Lipinski definition) is 3. The van der Waals surface area contributed by atoms with Crippen molar-refractivity contribution in [3.8, 4) is 5.75 Å². The van der Waals surface area contributed by atoms with Crippen molar-refractivity contribution >= 4 is 5.78 Å². The van der Waals surface area contributed by atoms with Crippen LogP contribution in [0.1, 0.15) is 36.0 Å². The number of nitrogens with zero attached hydrogens (tertiary/aromatic N) is 2. The maximum Gasteiger partial charge on any atom is 0.573 e. The van der Waals surface area contributed by atoms with Crippen LogP contribution in [-0.2, 0) is 0 Å². The SMILES string of the molecule is O=C(/C=C/N1CC[C@@H]2CN(CC3CCC4NNNC4C3)C[C@H]2C1)c1ccc(OC(F)(F)F)cc1. The van der Waals surface area contributed by atoms with Gasteiger partial charge in [0.05, 0.1) is 0 Å². The summed E-state index contributed by atoms with van der Waals surface area (Å²) in [6.07, 6.45) is 3.42. The summed E-state index contributed by atoms with van der Waals surface area (Å²) >= 11 is 0. The molecule has 0 bridgehead atoms. The molecule has 186 valence electrons. The van der Waals surface area contributed by atoms with Gasteiger partial charge in [-0.25, -0.2) is 10.9 Å². The highest BCUT2D eigenvalue weighted by Crippen LogP contribution is 2.34. The third kappa shape index (κ3) is 5.73. The number of nitrogens with one attached hydrogen (secondary N) is 3. The second-order valence-corrected chi connectivity index (χ2v) is 10.1. The highest BCUT2D eigenvalue weighted by Gasteiger charge is 2.39. The predicted molar refractivity (Wildman–Crippen MR) is 121 cm³/mol. The number of likely N-dealkylation sites (tertiary alicyclic amines) is 2. The van der Waals surface area contributed by atoms with Crippen LogP contribution in [0.5, 0.6) is 5.75 Å². The van der Waals surface area contributed by atoms with Crippen LogP contribution in [0, 0.1) is 17.8 Å². The summed E-state index contributed by atoms with van der Waals surface area (Å²) in [5, 5.41) is 0. The van der Waals surface area contributed by atoms with Gasteiger partial charge in [0, 0.05) is 62.6 Å². The molecule has 10 heteroatoms. The van der Waals surface area contributed by atoms with E-state index in [1.165, 1.54) is 50.6 Å². The van der Waals surface area contributed by atoms with E-state index in [0.717, 1.165) is 44.1 Å². The number of halogens is 3. The van der Waals surface area contributed by atoms with Gasteiger partial charge in [-0.3, -0.25) is 4.79 Å². The van der Waals surface area contributed by atoms with Gasteiger partial charge < -0.3 is 14.5 Å². The van der Waals surface area contributed by atoms with Crippen molar-refractivity contribution in [1.82, 2.24) is 26.2 Å². The lowest BCUT2D eigenvalue weighted by atomic mass is 9.83. The molecule has 5 atom stereocenters. The van der Waals surface area contributed by atoms with Crippen LogP contribution in [0.2, 0.25) is 0 Å². The van der Waals surface area contributed by atoms with Crippen molar-refractivity contribution < 1.29 is 22.7 Å². The van der Waals surface area contributed by atoms with E-state index >= 15 is 0 Å². The maximum atomic E-state index is 12.5. The zero-order chi connectivity index (χ0) is 23.7. The first kappa shape index (κ1) is 23.6. The predicted octanol–water partition coefficient (Wildman–Crippen LogP) is 2.69. The van der Waals surface area contributed by atoms with Gasteiger partial charge in [-0.05, 0) is 67.7 Å². The van der Waals surface area contributed by atoms with Crippen molar-refractivity contribution in [2.45, 2.75) is 44.1 Å². The number of ketones is 1. The Morgan fingerprint density at radius 1 is 1.03 bits per heavy atom. The van der Waals surface area contributed by atoms with Gasteiger partial charge in [0.2, 0.25) is 0 Å². The smallest absolute Gasteiger partial charge is 0.406 e. The summed E-state index contributed by atoms with van der Waals surface area (Å²) in [6.45, 7) is 5.31. The number of hydrogen-bond acceptors (Lipinski definition) is 7. The molecule has 0 radical (unpaired) electrons. The summed E-state index contributed by atoms with van der Waals surface area (Å²) in [4.78, 5) is 17.3. The largest absolute Gasteiger partial charge is 0.573 e. The van der Waals surface area contributed by atoms with Crippen LogP contribution in [0.15, 0.2) is 36.5 Å². The lowest BCUT2D eigenvalue weighted by Gasteiger charge is -2.33. The van der Waals surface area contributed by atoms with E-state index in [2.05, 4.69) is 30.9 Å². The molecular weight excluding hydrogens is 447 g/mol. The fraction of sp³-hybridized carbons (Fsp3) is 0.625. The molecule has 0 spiro atoms. The Hall–Kier alpha value is -2.14. The van der Waals surface area contributed by atoms with Gasteiger partial charge in [0.1, 0.15) is 5.75 Å². The van der Waals surface area contributed by atoms with Crippen molar-refractivity contribution in [2.75, 3.05) is 32.7 Å². The van der Waals surface area contributed by atoms with Crippen molar-refractivity contribution in [2.24, 2.45) is 17.8 Å². The number of alkyl halides is 3. The Morgan fingerprint density at radius 3 is 2.59 bits per heavy atom. The molecule has 3 aliphatic heterocycles. The van der Waals surface area contributed by atoms with E-state index in [1.807, 2.05) is 6.20 Å². The first-order valence-electron chi connectivity index (χ1n) is 12.1. The summed E-state index contributed by atoms with van der Waals surface area (Å²) in [5.41, 5.74) is 10.1. The van der Waals surface area contributed by atoms with Crippen LogP contribution < -0.4 is 21.1 Å². The average molecular weight is 480 g/mol. The summed E-state index contributed by atoms with van der Waals surface area (Å²) < 4.78 is 40.7. The van der Waals surface area contributed by atoms with Gasteiger partial charge >= 0.3 is 6.36 Å². The van der Waals surface area contributed by atoms with E-state index in [1.54, 1.807) is 0 Å². The molecular formula is C24H32F3N5O2. The zero-order valence-corrected chi connectivity index (χ0v) is 19.1. The molecule has 1 saturated carbocycles. The number of ether oxygens (including phenoxy) is 1. The number of carbonyl (C=O) groups excluding carboxylic acids is 1. The first-order valence-corrected chi connectivity index (χ1v) is 12.1. The number of piperidine rings is 1. The molecule has 34 heavy (non-hydrogen) atoms. The minimum absolute atomic E-state index is 0.228. The van der Waals surface area contributed by atoms with Gasteiger partial charge in [0.25, 0.3) is 0 Å². The van der Waals surface area contributed by atoms with Gasteiger partial charge in [0.15, 0.2) is 5.78 Å². The van der Waals surface area contributed by atoms with Crippen molar-refractivity contribution in [3.05, 3.63) is 42.1 Å². The number of benzene rings is 1. The standard InChI is InChI=1S/C24H32F3N5O2/c25-24(26,27)34-20-4-2-17(3-5-20)23(33)8-10-31-9-7-18-13-32(15-19(18)14-31)12-16-1-6-21-22(11-16)29-30-28-21/h2-5,8,10,16,18-19,21-22,28-30H,1,6-7,9,11-15H2/b10-8+/t16?,18-,19-,21?,22?/m1/s1. The average Bonchev–Trinajstić information content (AvgIpc) is 3.42. The Labute approximate surface area is 197 Å². The van der Waals surface area contributed by atoms with Crippen LogP contribution in [-0.4, -0.2) is 66.8 Å². The minimum Gasteiger partial charge on any atom is -0.406 e. The molecule has 3 heterocycles. The zero-order valence-electron chi connectivity index (χ0n) is 19.1. The van der Waals surface area contributed by atoms with Gasteiger partial charge in [-0.2, -0.15) is 5.53 Å². The number of allylic oxidation sites excluding steroid dienone is 1. The number of carbonyl (C=O) groups is 1. The molecule has 1 aromatic carbocycles. The third-order valence-corrected chi connectivity index (χ3v) is 7.71. The molecule has 3 N–H and O–H groups in total. The quantitative estimate of drug-likeness (QED) is 0.428. The second-order valence-electron chi connectivity index (χ2n) is 10.1. The Bertz CT molecular complexity index is 894. The highest BCUT2D eigenvalue weighted by molar-refractivity contribution is 6.04. The number of rotatable bonds is 6. The van der Waals surface area contributed by atoms with Crippen LogP contribution in [0.4, 0.5) is 13.2 Å². The Morgan fingerprint density at radius 2 is 1.79 bits per heavy atom. The fourth-order valence-electron chi connectivity index (χ4n) is 6.02. The molecule has 4 fully saturated rings. The molecule has 5 rings (SSSR count). The molecule has 1 aliphatic carbocycles. The van der Waals surface area contributed by atoms with Crippen LogP contribution >= 0.6 is 0 Å². The highest BCUT2D eigenvalue weighted by atomic mass is 19.4. The van der Waals surface area contributed by atoms with Crippen LogP contribution in [0.25, 0.3) is 0 Å². The van der Waals surface area contributed by atoms with E-state index in [-0.39, 0.29) is 11.5 Å². The minimum atomic E-state index is -4.74. The normalized spacial score (nSPS) is 32.1. The topological polar surface area (TPSA) is 68.9 Å². The van der Waals surface area contributed by atoms with Crippen molar-refractivity contribution in [3.63, 3.8) is 0 Å². The van der Waals surface area contributed by atoms with E-state index in [0.29, 0.717) is 29.5 Å². The van der Waals surface area contributed by atoms with E-state index < -0.39 is 6.36 Å². The molecule has 4 aliphatic rings. The fourth-order valence-corrected chi connectivity index (χ4v) is 6.02. The third-order valence-electron chi connectivity index (χ3n) is 7.71. The monoisotopic (exact) mass is 479 g/mol. The maximum absolute atomic E-state index is 12.5. The van der Waals surface area contributed by atoms with E-state index in [4.69, 9.17) is 0 Å². The number of hydrazine groups is 2. The summed E-state index contributed by atoms with van der Waals surface area (Å²) in [6, 6.07) is 6.11.